The van der Waals surface area contributed by atoms with Crippen LogP contribution in [0.2, 0.25) is 0 Å². The van der Waals surface area contributed by atoms with E-state index in [-0.39, 0.29) is 5.82 Å². The van der Waals surface area contributed by atoms with Crippen molar-refractivity contribution in [2.45, 2.75) is 13.3 Å². The van der Waals surface area contributed by atoms with Gasteiger partial charge in [-0.15, -0.1) is 0 Å². The van der Waals surface area contributed by atoms with Crippen molar-refractivity contribution in [1.29, 1.82) is 0 Å². The van der Waals surface area contributed by atoms with Gasteiger partial charge in [0.1, 0.15) is 5.82 Å². The van der Waals surface area contributed by atoms with Crippen LogP contribution in [0.4, 0.5) is 10.1 Å². The fourth-order valence-electron chi connectivity index (χ4n) is 2.02. The zero-order chi connectivity index (χ0) is 11.5. The summed E-state index contributed by atoms with van der Waals surface area (Å²) < 4.78 is 13.0. The van der Waals surface area contributed by atoms with Crippen LogP contribution in [0.25, 0.3) is 0 Å². The molecule has 0 saturated carbocycles. The number of carbonyl (C=O) groups excluding carboxylic acids is 1. The van der Waals surface area contributed by atoms with E-state index >= 15 is 0 Å². The summed E-state index contributed by atoms with van der Waals surface area (Å²) in [4.78, 5) is 13.0. The zero-order valence-corrected chi connectivity index (χ0v) is 9.24. The van der Waals surface area contributed by atoms with Gasteiger partial charge < -0.3 is 4.90 Å². The van der Waals surface area contributed by atoms with E-state index < -0.39 is 0 Å². The van der Waals surface area contributed by atoms with Gasteiger partial charge in [0.15, 0.2) is 6.29 Å². The van der Waals surface area contributed by atoms with Gasteiger partial charge in [-0.1, -0.05) is 11.6 Å². The molecule has 1 heterocycles. The van der Waals surface area contributed by atoms with E-state index in [1.165, 1.54) is 17.7 Å². The number of hydrogen-bond acceptors (Lipinski definition) is 2. The molecule has 1 aliphatic heterocycles. The Labute approximate surface area is 94.4 Å². The Hall–Kier alpha value is -1.64. The van der Waals surface area contributed by atoms with Crippen LogP contribution in [0.15, 0.2) is 29.8 Å². The molecule has 84 valence electrons. The van der Waals surface area contributed by atoms with Crippen LogP contribution in [0.1, 0.15) is 23.7 Å². The summed E-state index contributed by atoms with van der Waals surface area (Å²) in [5.74, 6) is -0.366. The highest BCUT2D eigenvalue weighted by Crippen LogP contribution is 2.23. The molecule has 0 saturated heterocycles. The molecule has 3 heteroatoms. The van der Waals surface area contributed by atoms with E-state index in [1.807, 2.05) is 0 Å². The van der Waals surface area contributed by atoms with E-state index in [0.717, 1.165) is 25.2 Å². The molecule has 0 aliphatic carbocycles. The van der Waals surface area contributed by atoms with Crippen molar-refractivity contribution in [3.63, 3.8) is 0 Å². The molecule has 1 aromatic carbocycles. The van der Waals surface area contributed by atoms with Crippen molar-refractivity contribution in [3.05, 3.63) is 41.2 Å². The van der Waals surface area contributed by atoms with Gasteiger partial charge >= 0.3 is 0 Å². The second-order valence-electron chi connectivity index (χ2n) is 4.08. The van der Waals surface area contributed by atoms with Gasteiger partial charge in [0.25, 0.3) is 0 Å². The Morgan fingerprint density at radius 1 is 1.44 bits per heavy atom. The third kappa shape index (κ3) is 2.13. The van der Waals surface area contributed by atoms with Gasteiger partial charge in [0, 0.05) is 24.3 Å². The Kier molecular flexibility index (Phi) is 3.04. The molecular weight excluding hydrogens is 205 g/mol. The van der Waals surface area contributed by atoms with E-state index in [9.17, 15) is 9.18 Å². The van der Waals surface area contributed by atoms with Crippen molar-refractivity contribution in [2.24, 2.45) is 0 Å². The Morgan fingerprint density at radius 2 is 2.25 bits per heavy atom. The number of rotatable bonds is 2. The second kappa shape index (κ2) is 4.47. The normalized spacial score (nSPS) is 15.9. The molecule has 0 radical (unpaired) electrons. The number of nitrogens with zero attached hydrogens (tertiary/aromatic N) is 1. The molecule has 0 amide bonds. The largest absolute Gasteiger partial charge is 0.367 e. The smallest absolute Gasteiger partial charge is 0.152 e. The molecule has 0 bridgehead atoms. The van der Waals surface area contributed by atoms with Gasteiger partial charge in [-0.25, -0.2) is 4.39 Å². The molecule has 0 fully saturated rings. The predicted octanol–water partition coefficient (Wildman–Crippen LogP) is 2.79. The molecule has 0 unspecified atom stereocenters. The van der Waals surface area contributed by atoms with Crippen molar-refractivity contribution >= 4 is 12.0 Å². The molecule has 2 rings (SSSR count). The number of anilines is 1. The first-order valence-corrected chi connectivity index (χ1v) is 5.36. The highest BCUT2D eigenvalue weighted by atomic mass is 19.1. The molecule has 1 aromatic rings. The average Bonchev–Trinajstić information content (AvgIpc) is 2.28. The number of hydrogen-bond donors (Lipinski definition) is 0. The Morgan fingerprint density at radius 3 is 2.94 bits per heavy atom. The molecule has 2 nitrogen and oxygen atoms in total. The predicted molar refractivity (Wildman–Crippen MR) is 62.4 cm³/mol. The summed E-state index contributed by atoms with van der Waals surface area (Å²) >= 11 is 0. The fourth-order valence-corrected chi connectivity index (χ4v) is 2.02. The third-order valence-electron chi connectivity index (χ3n) is 2.79. The lowest BCUT2D eigenvalue weighted by Crippen LogP contribution is -2.29. The van der Waals surface area contributed by atoms with E-state index in [0.29, 0.717) is 11.8 Å². The van der Waals surface area contributed by atoms with E-state index in [1.54, 1.807) is 6.07 Å². The number of benzene rings is 1. The van der Waals surface area contributed by atoms with Crippen LogP contribution in [0.5, 0.6) is 0 Å². The van der Waals surface area contributed by atoms with Crippen LogP contribution < -0.4 is 4.90 Å². The van der Waals surface area contributed by atoms with Gasteiger partial charge in [0.2, 0.25) is 0 Å². The van der Waals surface area contributed by atoms with Crippen molar-refractivity contribution in [3.8, 4) is 0 Å². The van der Waals surface area contributed by atoms with Crippen molar-refractivity contribution in [1.82, 2.24) is 0 Å². The summed E-state index contributed by atoms with van der Waals surface area (Å²) in [6.45, 7) is 3.76. The maximum atomic E-state index is 13.0. The quantitative estimate of drug-likeness (QED) is 0.563. The van der Waals surface area contributed by atoms with Crippen LogP contribution in [-0.2, 0) is 0 Å². The molecule has 1 aliphatic rings. The SMILES string of the molecule is CC1=CCCN(c2ccc(F)cc2C=O)C1. The van der Waals surface area contributed by atoms with Crippen LogP contribution in [-0.4, -0.2) is 19.4 Å². The van der Waals surface area contributed by atoms with Crippen molar-refractivity contribution < 1.29 is 9.18 Å². The molecule has 0 spiro atoms. The van der Waals surface area contributed by atoms with Gasteiger partial charge in [-0.3, -0.25) is 4.79 Å². The average molecular weight is 219 g/mol. The minimum atomic E-state index is -0.366. The van der Waals surface area contributed by atoms with Crippen LogP contribution in [0.3, 0.4) is 0 Å². The standard InChI is InChI=1S/C13H14FNO/c1-10-3-2-6-15(8-10)13-5-4-12(14)7-11(13)9-16/h3-5,7,9H,2,6,8H2,1H3. The van der Waals surface area contributed by atoms with E-state index in [4.69, 9.17) is 0 Å². The van der Waals surface area contributed by atoms with Crippen LogP contribution >= 0.6 is 0 Å². The maximum Gasteiger partial charge on any atom is 0.152 e. The van der Waals surface area contributed by atoms with Gasteiger partial charge in [-0.2, -0.15) is 0 Å². The zero-order valence-electron chi connectivity index (χ0n) is 9.24. The summed E-state index contributed by atoms with van der Waals surface area (Å²) in [6, 6.07) is 4.36. The van der Waals surface area contributed by atoms with Crippen molar-refractivity contribution in [2.75, 3.05) is 18.0 Å². The number of aldehydes is 1. The molecule has 0 aromatic heterocycles. The van der Waals surface area contributed by atoms with Gasteiger partial charge in [-0.05, 0) is 31.5 Å². The van der Waals surface area contributed by atoms with Gasteiger partial charge in [0.05, 0.1) is 0 Å². The molecular formula is C13H14FNO. The first-order valence-electron chi connectivity index (χ1n) is 5.36. The molecule has 0 N–H and O–H groups in total. The second-order valence-corrected chi connectivity index (χ2v) is 4.08. The Balaban J connectivity index is 2.33. The molecule has 16 heavy (non-hydrogen) atoms. The minimum Gasteiger partial charge on any atom is -0.367 e. The molecule has 0 atom stereocenters. The minimum absolute atomic E-state index is 0.366. The lowest BCUT2D eigenvalue weighted by atomic mass is 10.1. The number of halogens is 1. The lowest BCUT2D eigenvalue weighted by molar-refractivity contribution is 0.112. The fraction of sp³-hybridized carbons (Fsp3) is 0.308. The lowest BCUT2D eigenvalue weighted by Gasteiger charge is -2.29. The highest BCUT2D eigenvalue weighted by molar-refractivity contribution is 5.84. The summed E-state index contributed by atoms with van der Waals surface area (Å²) in [6.07, 6.45) is 3.88. The summed E-state index contributed by atoms with van der Waals surface area (Å²) in [5, 5.41) is 0. The number of carbonyl (C=O) groups is 1. The summed E-state index contributed by atoms with van der Waals surface area (Å²) in [7, 11) is 0. The third-order valence-corrected chi connectivity index (χ3v) is 2.79. The van der Waals surface area contributed by atoms with E-state index in [2.05, 4.69) is 17.9 Å². The first-order chi connectivity index (χ1) is 7.70. The topological polar surface area (TPSA) is 20.3 Å². The first kappa shape index (κ1) is 10.9. The van der Waals surface area contributed by atoms with Crippen LogP contribution in [0, 0.1) is 5.82 Å². The monoisotopic (exact) mass is 219 g/mol. The highest BCUT2D eigenvalue weighted by Gasteiger charge is 2.14. The Bertz CT molecular complexity index is 440. The maximum absolute atomic E-state index is 13.0. The summed E-state index contributed by atoms with van der Waals surface area (Å²) in [5.41, 5.74) is 2.53.